The third-order valence-electron chi connectivity index (χ3n) is 4.50. The number of aromatic nitrogens is 2. The zero-order valence-corrected chi connectivity index (χ0v) is 17.7. The molecule has 3 aromatic carbocycles. The van der Waals surface area contributed by atoms with E-state index < -0.39 is 5.82 Å². The standard InChI is InChI=1S/C26H18ClFN2O2/c27-23-12-7-13-24(28)22(23)15-14-21-16-29-30-26(32-18-20-10-5-2-6-11-20)25(21)31-17-19-8-3-1-4-9-19/h1-13,16H,17-18H2. The van der Waals surface area contributed by atoms with E-state index in [9.17, 15) is 4.39 Å². The summed E-state index contributed by atoms with van der Waals surface area (Å²) in [5.74, 6) is 5.72. The molecule has 0 unspecified atom stereocenters. The molecule has 32 heavy (non-hydrogen) atoms. The molecule has 0 saturated heterocycles. The number of hydrogen-bond acceptors (Lipinski definition) is 4. The minimum absolute atomic E-state index is 0.103. The van der Waals surface area contributed by atoms with Crippen LogP contribution in [0.5, 0.6) is 11.6 Å². The summed E-state index contributed by atoms with van der Waals surface area (Å²) in [6.45, 7) is 0.566. The van der Waals surface area contributed by atoms with Crippen LogP contribution < -0.4 is 9.47 Å². The molecule has 0 atom stereocenters. The highest BCUT2D eigenvalue weighted by Gasteiger charge is 2.14. The molecular weight excluding hydrogens is 427 g/mol. The normalized spacial score (nSPS) is 10.2. The van der Waals surface area contributed by atoms with Gasteiger partial charge in [0.25, 0.3) is 5.88 Å². The first-order valence-electron chi connectivity index (χ1n) is 9.86. The highest BCUT2D eigenvalue weighted by Crippen LogP contribution is 2.29. The second-order valence-corrected chi connectivity index (χ2v) is 7.19. The first kappa shape index (κ1) is 21.4. The number of rotatable bonds is 6. The van der Waals surface area contributed by atoms with Crippen LogP contribution in [-0.4, -0.2) is 10.2 Å². The fourth-order valence-electron chi connectivity index (χ4n) is 2.88. The molecule has 0 saturated carbocycles. The summed E-state index contributed by atoms with van der Waals surface area (Å²) in [4.78, 5) is 0. The van der Waals surface area contributed by atoms with Gasteiger partial charge in [-0.15, -0.1) is 5.10 Å². The van der Waals surface area contributed by atoms with Crippen molar-refractivity contribution in [1.29, 1.82) is 0 Å². The van der Waals surface area contributed by atoms with Gasteiger partial charge in [-0.2, -0.15) is 5.10 Å². The average molecular weight is 445 g/mol. The first-order chi connectivity index (χ1) is 15.7. The Bertz CT molecular complexity index is 1240. The van der Waals surface area contributed by atoms with E-state index in [0.717, 1.165) is 11.1 Å². The molecule has 1 aromatic heterocycles. The van der Waals surface area contributed by atoms with Gasteiger partial charge in [0.05, 0.1) is 22.3 Å². The van der Waals surface area contributed by atoms with E-state index in [2.05, 4.69) is 22.0 Å². The van der Waals surface area contributed by atoms with Crippen LogP contribution in [0.1, 0.15) is 22.3 Å². The van der Waals surface area contributed by atoms with Crippen LogP contribution in [0, 0.1) is 17.7 Å². The lowest BCUT2D eigenvalue weighted by Crippen LogP contribution is -2.05. The van der Waals surface area contributed by atoms with Crippen molar-refractivity contribution >= 4 is 11.6 Å². The molecule has 0 bridgehead atoms. The Morgan fingerprint density at radius 3 is 2.09 bits per heavy atom. The molecule has 4 nitrogen and oxygen atoms in total. The molecule has 0 aliphatic carbocycles. The third-order valence-corrected chi connectivity index (χ3v) is 4.82. The number of halogens is 2. The second kappa shape index (κ2) is 10.4. The lowest BCUT2D eigenvalue weighted by Gasteiger charge is -2.13. The van der Waals surface area contributed by atoms with Gasteiger partial charge >= 0.3 is 0 Å². The highest BCUT2D eigenvalue weighted by atomic mass is 35.5. The van der Waals surface area contributed by atoms with Crippen molar-refractivity contribution in [3.63, 3.8) is 0 Å². The Labute approximate surface area is 190 Å². The van der Waals surface area contributed by atoms with Crippen molar-refractivity contribution in [2.75, 3.05) is 0 Å². The van der Waals surface area contributed by atoms with E-state index >= 15 is 0 Å². The lowest BCUT2D eigenvalue weighted by atomic mass is 10.2. The molecule has 4 rings (SSSR count). The summed E-state index contributed by atoms with van der Waals surface area (Å²) in [6.07, 6.45) is 1.46. The maximum absolute atomic E-state index is 14.1. The van der Waals surface area contributed by atoms with E-state index in [1.165, 1.54) is 18.3 Å². The summed E-state index contributed by atoms with van der Waals surface area (Å²) in [5.41, 5.74) is 2.46. The van der Waals surface area contributed by atoms with Crippen LogP contribution in [-0.2, 0) is 13.2 Å². The predicted octanol–water partition coefficient (Wildman–Crippen LogP) is 5.83. The zero-order valence-electron chi connectivity index (χ0n) is 17.0. The Hall–Kier alpha value is -3.88. The lowest BCUT2D eigenvalue weighted by molar-refractivity contribution is 0.243. The van der Waals surface area contributed by atoms with Gasteiger partial charge in [0.15, 0.2) is 0 Å². The second-order valence-electron chi connectivity index (χ2n) is 6.79. The number of hydrogen-bond donors (Lipinski definition) is 0. The molecule has 0 aliphatic rings. The van der Waals surface area contributed by atoms with E-state index in [-0.39, 0.29) is 29.7 Å². The van der Waals surface area contributed by atoms with E-state index in [0.29, 0.717) is 11.3 Å². The predicted molar refractivity (Wildman–Crippen MR) is 121 cm³/mol. The summed E-state index contributed by atoms with van der Waals surface area (Å²) >= 11 is 6.10. The average Bonchev–Trinajstić information content (AvgIpc) is 2.83. The third kappa shape index (κ3) is 5.42. The van der Waals surface area contributed by atoms with Gasteiger partial charge in [-0.25, -0.2) is 4.39 Å². The van der Waals surface area contributed by atoms with Crippen LogP contribution in [0.2, 0.25) is 5.02 Å². The van der Waals surface area contributed by atoms with Crippen LogP contribution in [0.3, 0.4) is 0 Å². The number of nitrogens with zero attached hydrogens (tertiary/aromatic N) is 2. The maximum Gasteiger partial charge on any atom is 0.278 e. The topological polar surface area (TPSA) is 44.2 Å². The molecule has 0 radical (unpaired) electrons. The molecule has 0 aliphatic heterocycles. The fraction of sp³-hybridized carbons (Fsp3) is 0.0769. The molecule has 0 amide bonds. The number of ether oxygens (including phenoxy) is 2. The van der Waals surface area contributed by atoms with Crippen molar-refractivity contribution in [1.82, 2.24) is 10.2 Å². The van der Waals surface area contributed by atoms with Gasteiger partial charge < -0.3 is 9.47 Å². The highest BCUT2D eigenvalue weighted by molar-refractivity contribution is 6.31. The molecule has 0 N–H and O–H groups in total. The van der Waals surface area contributed by atoms with Crippen LogP contribution in [0.25, 0.3) is 0 Å². The monoisotopic (exact) mass is 444 g/mol. The minimum atomic E-state index is -0.501. The van der Waals surface area contributed by atoms with Crippen LogP contribution >= 0.6 is 11.6 Å². The SMILES string of the molecule is Fc1cccc(Cl)c1C#Cc1cnnc(OCc2ccccc2)c1OCc1ccccc1. The molecule has 1 heterocycles. The molecule has 6 heteroatoms. The van der Waals surface area contributed by atoms with Crippen molar-refractivity contribution in [3.8, 4) is 23.5 Å². The van der Waals surface area contributed by atoms with Gasteiger partial charge in [-0.05, 0) is 23.3 Å². The van der Waals surface area contributed by atoms with Crippen molar-refractivity contribution in [2.24, 2.45) is 0 Å². The number of benzene rings is 3. The van der Waals surface area contributed by atoms with Crippen LogP contribution in [0.15, 0.2) is 85.1 Å². The molecule has 158 valence electrons. The van der Waals surface area contributed by atoms with Gasteiger partial charge in [-0.3, -0.25) is 0 Å². The van der Waals surface area contributed by atoms with Crippen LogP contribution in [0.4, 0.5) is 4.39 Å². The quantitative estimate of drug-likeness (QED) is 0.351. The van der Waals surface area contributed by atoms with Crippen molar-refractivity contribution in [3.05, 3.63) is 118 Å². The first-order valence-corrected chi connectivity index (χ1v) is 10.2. The Morgan fingerprint density at radius 1 is 0.781 bits per heavy atom. The summed E-state index contributed by atoms with van der Waals surface area (Å²) in [7, 11) is 0. The molecule has 0 spiro atoms. The van der Waals surface area contributed by atoms with Crippen molar-refractivity contribution in [2.45, 2.75) is 13.2 Å². The summed E-state index contributed by atoms with van der Waals surface area (Å²) < 4.78 is 26.1. The minimum Gasteiger partial charge on any atom is -0.482 e. The van der Waals surface area contributed by atoms with Gasteiger partial charge in [-0.1, -0.05) is 90.2 Å². The molecular formula is C26H18ClFN2O2. The molecule has 4 aromatic rings. The summed E-state index contributed by atoms with van der Waals surface area (Å²) in [6, 6.07) is 23.8. The van der Waals surface area contributed by atoms with Crippen molar-refractivity contribution < 1.29 is 13.9 Å². The Morgan fingerprint density at radius 2 is 1.44 bits per heavy atom. The smallest absolute Gasteiger partial charge is 0.278 e. The van der Waals surface area contributed by atoms with Gasteiger partial charge in [0, 0.05) is 0 Å². The van der Waals surface area contributed by atoms with E-state index in [1.54, 1.807) is 6.07 Å². The van der Waals surface area contributed by atoms with E-state index in [1.807, 2.05) is 60.7 Å². The Kier molecular flexibility index (Phi) is 6.96. The fourth-order valence-corrected chi connectivity index (χ4v) is 3.09. The zero-order chi connectivity index (χ0) is 22.2. The Balaban J connectivity index is 1.66. The van der Waals surface area contributed by atoms with E-state index in [4.69, 9.17) is 21.1 Å². The van der Waals surface area contributed by atoms with Gasteiger partial charge in [0.2, 0.25) is 5.75 Å². The largest absolute Gasteiger partial charge is 0.482 e. The molecule has 0 fully saturated rings. The van der Waals surface area contributed by atoms with Gasteiger partial charge in [0.1, 0.15) is 19.0 Å². The summed E-state index contributed by atoms with van der Waals surface area (Å²) in [5, 5.41) is 8.31. The maximum atomic E-state index is 14.1.